The molecule has 2 bridgehead atoms. The predicted octanol–water partition coefficient (Wildman–Crippen LogP) is 2.78. The van der Waals surface area contributed by atoms with Crippen LogP contribution in [0.1, 0.15) is 24.0 Å². The summed E-state index contributed by atoms with van der Waals surface area (Å²) in [6.45, 7) is 0.700. The molecule has 0 amide bonds. The molecule has 3 fully saturated rings. The third kappa shape index (κ3) is 1.78. The number of fused-ring (bicyclic) bond motifs is 1. The number of hydrogen-bond acceptors (Lipinski definition) is 3. The Morgan fingerprint density at radius 2 is 2.00 bits per heavy atom. The molecular formula is C16H15F3N2O. The Labute approximate surface area is 126 Å². The van der Waals surface area contributed by atoms with Crippen LogP contribution in [-0.4, -0.2) is 23.8 Å². The molecule has 3 aliphatic rings. The first-order chi connectivity index (χ1) is 10.4. The number of aliphatic hydroxyl groups is 1. The predicted molar refractivity (Wildman–Crippen MR) is 73.0 cm³/mol. The van der Waals surface area contributed by atoms with Crippen LogP contribution in [0.25, 0.3) is 0 Å². The molecule has 1 aliphatic heterocycles. The fourth-order valence-electron chi connectivity index (χ4n) is 4.75. The van der Waals surface area contributed by atoms with Crippen LogP contribution in [0.2, 0.25) is 0 Å². The molecule has 22 heavy (non-hydrogen) atoms. The Hall–Kier alpha value is -1.74. The minimum Gasteiger partial charge on any atom is -0.391 e. The maximum Gasteiger partial charge on any atom is 0.417 e. The zero-order valence-electron chi connectivity index (χ0n) is 11.7. The van der Waals surface area contributed by atoms with Crippen LogP contribution < -0.4 is 4.90 Å². The van der Waals surface area contributed by atoms with Crippen molar-refractivity contribution >= 4 is 5.69 Å². The van der Waals surface area contributed by atoms with Gasteiger partial charge in [0, 0.05) is 12.2 Å². The molecule has 2 aliphatic carbocycles. The van der Waals surface area contributed by atoms with Gasteiger partial charge < -0.3 is 10.0 Å². The normalized spacial score (nSPS) is 36.0. The van der Waals surface area contributed by atoms with Crippen molar-refractivity contribution in [3.05, 3.63) is 29.3 Å². The molecule has 5 atom stereocenters. The van der Waals surface area contributed by atoms with Crippen molar-refractivity contribution in [3.63, 3.8) is 0 Å². The van der Waals surface area contributed by atoms with Gasteiger partial charge in [0.25, 0.3) is 0 Å². The summed E-state index contributed by atoms with van der Waals surface area (Å²) < 4.78 is 39.3. The molecule has 0 radical (unpaired) electrons. The lowest BCUT2D eigenvalue weighted by atomic mass is 9.88. The zero-order valence-corrected chi connectivity index (χ0v) is 11.7. The van der Waals surface area contributed by atoms with E-state index in [4.69, 9.17) is 5.26 Å². The summed E-state index contributed by atoms with van der Waals surface area (Å²) in [7, 11) is 0. The van der Waals surface area contributed by atoms with Crippen LogP contribution in [0.4, 0.5) is 18.9 Å². The van der Waals surface area contributed by atoms with Gasteiger partial charge in [-0.3, -0.25) is 0 Å². The van der Waals surface area contributed by atoms with Crippen LogP contribution in [0.5, 0.6) is 0 Å². The number of aliphatic hydroxyl groups excluding tert-OH is 1. The molecule has 0 aromatic heterocycles. The molecule has 0 unspecified atom stereocenters. The number of nitrogens with zero attached hydrogens (tertiary/aromatic N) is 2. The standard InChI is InChI=1S/C16H15F3N2O/c17-16(18,19)13-5-11(2-1-8(13)6-20)21-7-10-3-9-4-12(10)14(21)15(9)22/h1-2,5,9-10,12,14-15,22H,3-4,7H2/t9-,10-,12+,14-,15+/m0/s1. The van der Waals surface area contributed by atoms with Crippen LogP contribution in [0.3, 0.4) is 0 Å². The topological polar surface area (TPSA) is 47.3 Å². The number of rotatable bonds is 1. The third-order valence-corrected chi connectivity index (χ3v) is 5.61. The Balaban J connectivity index is 1.74. The Bertz CT molecular complexity index is 664. The van der Waals surface area contributed by atoms with Gasteiger partial charge in [0.2, 0.25) is 0 Å². The Morgan fingerprint density at radius 3 is 2.64 bits per heavy atom. The van der Waals surface area contributed by atoms with Gasteiger partial charge in [-0.05, 0) is 48.8 Å². The summed E-state index contributed by atoms with van der Waals surface area (Å²) in [6.07, 6.45) is -3.04. The summed E-state index contributed by atoms with van der Waals surface area (Å²) in [6, 6.07) is 5.39. The van der Waals surface area contributed by atoms with Crippen LogP contribution >= 0.6 is 0 Å². The molecule has 3 nitrogen and oxygen atoms in total. The van der Waals surface area contributed by atoms with Gasteiger partial charge in [0.1, 0.15) is 0 Å². The smallest absolute Gasteiger partial charge is 0.391 e. The van der Waals surface area contributed by atoms with E-state index in [1.807, 2.05) is 4.90 Å². The highest BCUT2D eigenvalue weighted by atomic mass is 19.4. The molecule has 1 heterocycles. The maximum atomic E-state index is 13.1. The molecule has 1 N–H and O–H groups in total. The van der Waals surface area contributed by atoms with E-state index in [9.17, 15) is 18.3 Å². The first-order valence-electron chi connectivity index (χ1n) is 7.46. The summed E-state index contributed by atoms with van der Waals surface area (Å²) in [4.78, 5) is 1.92. The van der Waals surface area contributed by atoms with Crippen molar-refractivity contribution in [2.24, 2.45) is 17.8 Å². The van der Waals surface area contributed by atoms with E-state index in [-0.39, 0.29) is 11.6 Å². The van der Waals surface area contributed by atoms with Crippen molar-refractivity contribution in [1.29, 1.82) is 5.26 Å². The lowest BCUT2D eigenvalue weighted by Crippen LogP contribution is -2.40. The maximum absolute atomic E-state index is 13.1. The second-order valence-corrected chi connectivity index (χ2v) is 6.63. The minimum atomic E-state index is -4.55. The Morgan fingerprint density at radius 1 is 1.23 bits per heavy atom. The van der Waals surface area contributed by atoms with Crippen molar-refractivity contribution in [2.75, 3.05) is 11.4 Å². The Kier molecular flexibility index (Phi) is 2.77. The fourth-order valence-corrected chi connectivity index (χ4v) is 4.75. The molecule has 1 saturated heterocycles. The zero-order chi connectivity index (χ0) is 15.6. The molecular weight excluding hydrogens is 293 g/mol. The van der Waals surface area contributed by atoms with E-state index in [1.54, 1.807) is 12.1 Å². The second kappa shape index (κ2) is 4.39. The van der Waals surface area contributed by atoms with Crippen molar-refractivity contribution in [3.8, 4) is 6.07 Å². The molecule has 6 heteroatoms. The van der Waals surface area contributed by atoms with Crippen LogP contribution in [-0.2, 0) is 6.18 Å². The SMILES string of the molecule is N#Cc1ccc(N2C[C@@H]3C[C@H]4C[C@H]3[C@H]2[C@@H]4O)cc1C(F)(F)F. The van der Waals surface area contributed by atoms with Gasteiger partial charge >= 0.3 is 6.18 Å². The van der Waals surface area contributed by atoms with Gasteiger partial charge in [-0.1, -0.05) is 0 Å². The van der Waals surface area contributed by atoms with Crippen LogP contribution in [0, 0.1) is 29.1 Å². The van der Waals surface area contributed by atoms with E-state index in [2.05, 4.69) is 0 Å². The van der Waals surface area contributed by atoms with Gasteiger partial charge in [-0.25, -0.2) is 0 Å². The molecule has 1 aromatic carbocycles. The fraction of sp³-hybridized carbons (Fsp3) is 0.562. The molecule has 1 aromatic rings. The van der Waals surface area contributed by atoms with E-state index in [0.29, 0.717) is 30.0 Å². The number of benzene rings is 1. The highest BCUT2D eigenvalue weighted by Gasteiger charge is 2.59. The summed E-state index contributed by atoms with van der Waals surface area (Å²) >= 11 is 0. The minimum absolute atomic E-state index is 0.0715. The lowest BCUT2D eigenvalue weighted by Gasteiger charge is -2.31. The van der Waals surface area contributed by atoms with E-state index in [0.717, 1.165) is 18.9 Å². The van der Waals surface area contributed by atoms with Crippen molar-refractivity contribution < 1.29 is 18.3 Å². The first-order valence-corrected chi connectivity index (χ1v) is 7.46. The number of hydrogen-bond donors (Lipinski definition) is 1. The second-order valence-electron chi connectivity index (χ2n) is 6.63. The lowest BCUT2D eigenvalue weighted by molar-refractivity contribution is -0.137. The largest absolute Gasteiger partial charge is 0.417 e. The van der Waals surface area contributed by atoms with Gasteiger partial charge in [-0.2, -0.15) is 18.4 Å². The van der Waals surface area contributed by atoms with Gasteiger partial charge in [0.05, 0.1) is 29.3 Å². The average Bonchev–Trinajstić information content (AvgIpc) is 3.07. The van der Waals surface area contributed by atoms with Gasteiger partial charge in [0.15, 0.2) is 0 Å². The average molecular weight is 308 g/mol. The summed E-state index contributed by atoms with van der Waals surface area (Å²) in [5, 5.41) is 19.2. The third-order valence-electron chi connectivity index (χ3n) is 5.61. The monoisotopic (exact) mass is 308 g/mol. The summed E-state index contributed by atoms with van der Waals surface area (Å²) in [5.41, 5.74) is -0.788. The number of anilines is 1. The quantitative estimate of drug-likeness (QED) is 0.868. The highest BCUT2D eigenvalue weighted by molar-refractivity contribution is 5.57. The molecule has 2 saturated carbocycles. The van der Waals surface area contributed by atoms with Crippen LogP contribution in [0.15, 0.2) is 18.2 Å². The number of nitriles is 1. The highest BCUT2D eigenvalue weighted by Crippen LogP contribution is 2.56. The molecule has 4 rings (SSSR count). The molecule has 0 spiro atoms. The molecule has 116 valence electrons. The van der Waals surface area contributed by atoms with Crippen molar-refractivity contribution in [2.45, 2.75) is 31.2 Å². The van der Waals surface area contributed by atoms with Crippen molar-refractivity contribution in [1.82, 2.24) is 0 Å². The first kappa shape index (κ1) is 13.9. The number of halogens is 3. The summed E-state index contributed by atoms with van der Waals surface area (Å²) in [5.74, 6) is 1.17. The van der Waals surface area contributed by atoms with E-state index >= 15 is 0 Å². The number of alkyl halides is 3. The van der Waals surface area contributed by atoms with Gasteiger partial charge in [-0.15, -0.1) is 0 Å². The van der Waals surface area contributed by atoms with E-state index in [1.165, 1.54) is 6.07 Å². The van der Waals surface area contributed by atoms with E-state index < -0.39 is 17.8 Å².